The smallest absolute Gasteiger partial charge is 0.387 e. The zero-order valence-electron chi connectivity index (χ0n) is 28.4. The van der Waals surface area contributed by atoms with E-state index in [0.29, 0.717) is 36.2 Å². The second-order valence-electron chi connectivity index (χ2n) is 14.1. The predicted molar refractivity (Wildman–Crippen MR) is 182 cm³/mol. The van der Waals surface area contributed by atoms with Crippen molar-refractivity contribution in [2.24, 2.45) is 0 Å². The number of para-hydroxylation sites is 1. The highest BCUT2D eigenvalue weighted by atomic mass is 32.2. The highest BCUT2D eigenvalue weighted by Gasteiger charge is 2.52. The lowest BCUT2D eigenvalue weighted by Crippen LogP contribution is -2.57. The number of rotatable bonds is 12. The van der Waals surface area contributed by atoms with E-state index in [-0.39, 0.29) is 46.4 Å². The number of nitrogens with one attached hydrogen (secondary N) is 1. The van der Waals surface area contributed by atoms with Gasteiger partial charge in [0.1, 0.15) is 27.2 Å². The zero-order chi connectivity index (χ0) is 36.5. The number of aryl methyl sites for hydroxylation is 1. The summed E-state index contributed by atoms with van der Waals surface area (Å²) in [5.74, 6) is -1.21. The summed E-state index contributed by atoms with van der Waals surface area (Å²) in [6.45, 7) is 2.33. The van der Waals surface area contributed by atoms with Crippen LogP contribution in [-0.2, 0) is 36.4 Å². The summed E-state index contributed by atoms with van der Waals surface area (Å²) in [5, 5.41) is 8.90. The van der Waals surface area contributed by atoms with Gasteiger partial charge in [0, 0.05) is 11.1 Å². The van der Waals surface area contributed by atoms with Crippen molar-refractivity contribution in [3.63, 3.8) is 0 Å². The average molecular weight is 749 g/mol. The number of sulfonamides is 1. The molecule has 2 bridgehead atoms. The number of amides is 1. The van der Waals surface area contributed by atoms with Crippen LogP contribution in [0.2, 0.25) is 0 Å². The Morgan fingerprint density at radius 1 is 1.14 bits per heavy atom. The lowest BCUT2D eigenvalue weighted by atomic mass is 10.0. The number of ether oxygens (including phenoxy) is 3. The zero-order valence-corrected chi connectivity index (χ0v) is 30.0. The van der Waals surface area contributed by atoms with Gasteiger partial charge >= 0.3 is 12.3 Å². The average Bonchev–Trinajstić information content (AvgIpc) is 3.35. The van der Waals surface area contributed by atoms with Crippen LogP contribution in [0.15, 0.2) is 46.2 Å². The van der Waals surface area contributed by atoms with Crippen molar-refractivity contribution in [1.29, 1.82) is 0 Å². The summed E-state index contributed by atoms with van der Waals surface area (Å²) in [6, 6.07) is 6.15. The van der Waals surface area contributed by atoms with Crippen LogP contribution in [0, 0.1) is 6.92 Å². The fourth-order valence-corrected chi connectivity index (χ4v) is 9.50. The van der Waals surface area contributed by atoms with Crippen LogP contribution in [0.25, 0.3) is 15.2 Å². The monoisotopic (exact) mass is 748 g/mol. The van der Waals surface area contributed by atoms with E-state index < -0.39 is 50.2 Å². The van der Waals surface area contributed by atoms with Crippen molar-refractivity contribution in [1.82, 2.24) is 28.9 Å². The number of alkyl halides is 2. The minimum atomic E-state index is -4.13. The first-order valence-corrected chi connectivity index (χ1v) is 19.0. The van der Waals surface area contributed by atoms with Gasteiger partial charge in [-0.2, -0.15) is 19.0 Å². The molecule has 51 heavy (non-hydrogen) atoms. The van der Waals surface area contributed by atoms with E-state index in [1.165, 1.54) is 48.6 Å². The molecule has 0 radical (unpaired) electrons. The van der Waals surface area contributed by atoms with Crippen molar-refractivity contribution in [2.75, 3.05) is 0 Å². The Labute approximate surface area is 295 Å². The minimum absolute atomic E-state index is 0.0177. The Kier molecular flexibility index (Phi) is 8.95. The molecule has 274 valence electrons. The summed E-state index contributed by atoms with van der Waals surface area (Å²) in [5.41, 5.74) is -3.11. The summed E-state index contributed by atoms with van der Waals surface area (Å²) >= 11 is 1.06. The third-order valence-electron chi connectivity index (χ3n) is 10.2. The number of benzene rings is 1. The Balaban J connectivity index is 1.40. The summed E-state index contributed by atoms with van der Waals surface area (Å²) in [6.07, 6.45) is 5.06. The number of hydrogen-bond acceptors (Lipinski definition) is 11. The van der Waals surface area contributed by atoms with Gasteiger partial charge in [-0.05, 0) is 72.3 Å². The van der Waals surface area contributed by atoms with Gasteiger partial charge in [0.25, 0.3) is 11.5 Å². The fraction of sp³-hybridized carbons (Fsp3) is 0.545. The molecule has 7 rings (SSSR count). The second kappa shape index (κ2) is 12.9. The molecule has 0 spiro atoms. The molecule has 18 heteroatoms. The number of halogens is 2. The molecular weight excluding hydrogens is 711 g/mol. The van der Waals surface area contributed by atoms with Gasteiger partial charge in [-0.25, -0.2) is 17.8 Å². The number of carbonyl (C=O) groups is 1. The largest absolute Gasteiger partial charge is 0.434 e. The number of fused-ring (bicyclic) bond motifs is 3. The van der Waals surface area contributed by atoms with Crippen LogP contribution in [0.5, 0.6) is 5.75 Å². The predicted octanol–water partition coefficient (Wildman–Crippen LogP) is 3.92. The van der Waals surface area contributed by atoms with Crippen LogP contribution in [0.4, 0.5) is 8.78 Å². The molecule has 3 aliphatic rings. The second-order valence-corrected chi connectivity index (χ2v) is 17.3. The Bertz CT molecular complexity index is 2200. The van der Waals surface area contributed by atoms with Crippen molar-refractivity contribution in [3.05, 3.63) is 68.6 Å². The van der Waals surface area contributed by atoms with Crippen molar-refractivity contribution in [3.8, 4) is 10.8 Å². The van der Waals surface area contributed by atoms with Gasteiger partial charge in [-0.15, -0.1) is 4.80 Å². The third kappa shape index (κ3) is 6.40. The number of aromatic nitrogens is 5. The van der Waals surface area contributed by atoms with Crippen molar-refractivity contribution >= 4 is 37.5 Å². The lowest BCUT2D eigenvalue weighted by molar-refractivity contribution is -0.126. The first-order chi connectivity index (χ1) is 24.1. The van der Waals surface area contributed by atoms with E-state index in [4.69, 9.17) is 14.2 Å². The molecule has 4 atom stereocenters. The molecule has 1 amide bonds. The highest BCUT2D eigenvalue weighted by Crippen LogP contribution is 2.43. The van der Waals surface area contributed by atoms with Gasteiger partial charge in [0.15, 0.2) is 0 Å². The molecule has 4 aromatic rings. The van der Waals surface area contributed by atoms with E-state index in [1.54, 1.807) is 25.1 Å². The van der Waals surface area contributed by atoms with Crippen LogP contribution >= 0.6 is 11.3 Å². The molecule has 2 aliphatic heterocycles. The Morgan fingerprint density at radius 3 is 2.41 bits per heavy atom. The molecule has 1 aliphatic carbocycles. The SMILES string of the molecule is Cc1c(-n2nccn2)sc2c1c(=O)n(C(C)(C)C(=O)NS(=O)(=O)C1(C)CC1)c(=O)n2C[C@H](O[C@@H]1C[C@H]2CC[C@@H](C1)O2)c1ccccc1OC(F)F. The summed E-state index contributed by atoms with van der Waals surface area (Å²) < 4.78 is 74.0. The van der Waals surface area contributed by atoms with E-state index in [9.17, 15) is 31.6 Å². The van der Waals surface area contributed by atoms with Gasteiger partial charge in [0.05, 0.1) is 47.4 Å². The Morgan fingerprint density at radius 2 is 1.78 bits per heavy atom. The molecule has 1 N–H and O–H groups in total. The van der Waals surface area contributed by atoms with Crippen LogP contribution in [-0.4, -0.2) is 68.1 Å². The quantitative estimate of drug-likeness (QED) is 0.225. The van der Waals surface area contributed by atoms with Crippen LogP contribution in [0.3, 0.4) is 0 Å². The molecular formula is C33H38F2N6O8S2. The molecule has 3 aromatic heterocycles. The number of thiophene rings is 1. The molecule has 14 nitrogen and oxygen atoms in total. The van der Waals surface area contributed by atoms with Crippen LogP contribution < -0.4 is 20.7 Å². The summed E-state index contributed by atoms with van der Waals surface area (Å²) in [4.78, 5) is 44.4. The first-order valence-electron chi connectivity index (χ1n) is 16.7. The fourth-order valence-electron chi connectivity index (χ4n) is 6.90. The minimum Gasteiger partial charge on any atom is -0.434 e. The normalized spacial score (nSPS) is 22.0. The van der Waals surface area contributed by atoms with Crippen molar-refractivity contribution < 1.29 is 36.2 Å². The maximum atomic E-state index is 14.7. The molecule has 2 saturated heterocycles. The molecule has 1 saturated carbocycles. The van der Waals surface area contributed by atoms with Crippen LogP contribution in [0.1, 0.15) is 76.5 Å². The first kappa shape index (κ1) is 35.4. The van der Waals surface area contributed by atoms with Gasteiger partial charge in [-0.1, -0.05) is 29.5 Å². The summed E-state index contributed by atoms with van der Waals surface area (Å²) in [7, 11) is -4.13. The van der Waals surface area contributed by atoms with E-state index in [2.05, 4.69) is 14.9 Å². The molecule has 3 fully saturated rings. The van der Waals surface area contributed by atoms with Crippen molar-refractivity contribution in [2.45, 2.75) is 114 Å². The van der Waals surface area contributed by atoms with E-state index >= 15 is 0 Å². The highest BCUT2D eigenvalue weighted by molar-refractivity contribution is 7.91. The standard InChI is InChI=1S/C33H38F2N6O8S2/c1-18-25-26(42)40(32(2,3)29(43)38-51(45,46)33(4)11-12-33)31(44)39(28(25)50-27(18)41-36-13-14-37-41)17-24(22-7-5-6-8-23(22)49-30(34)35)48-21-15-19-9-10-20(16-21)47-19/h5-8,13-14,19-21,24,30H,9-12,15-17H2,1-4H3,(H,38,43)/t19-,20+,21-,24-/m0/s1. The molecule has 1 aromatic carbocycles. The van der Waals surface area contributed by atoms with Gasteiger partial charge < -0.3 is 14.2 Å². The van der Waals surface area contributed by atoms with Gasteiger partial charge in [0.2, 0.25) is 10.0 Å². The third-order valence-corrected chi connectivity index (χ3v) is 13.6. The maximum Gasteiger partial charge on any atom is 0.387 e. The number of carbonyl (C=O) groups excluding carboxylic acids is 1. The molecule has 0 unspecified atom stereocenters. The number of nitrogens with zero attached hydrogens (tertiary/aromatic N) is 5. The Hall–Kier alpha value is -4.00. The van der Waals surface area contributed by atoms with E-state index in [1.807, 2.05) is 0 Å². The number of hydrogen-bond donors (Lipinski definition) is 1. The maximum absolute atomic E-state index is 14.7. The molecule has 5 heterocycles. The lowest BCUT2D eigenvalue weighted by Gasteiger charge is -2.33. The van der Waals surface area contributed by atoms with E-state index in [0.717, 1.165) is 28.7 Å². The van der Waals surface area contributed by atoms with Gasteiger partial charge in [-0.3, -0.25) is 18.9 Å². The topological polar surface area (TPSA) is 166 Å².